The summed E-state index contributed by atoms with van der Waals surface area (Å²) >= 11 is 0. The van der Waals surface area contributed by atoms with Gasteiger partial charge in [-0.1, -0.05) is 42.5 Å². The minimum Gasteiger partial charge on any atom is -0.327 e. The first-order chi connectivity index (χ1) is 12.2. The van der Waals surface area contributed by atoms with Crippen LogP contribution in [0.3, 0.4) is 0 Å². The molecule has 0 radical (unpaired) electrons. The zero-order chi connectivity index (χ0) is 17.5. The lowest BCUT2D eigenvalue weighted by molar-refractivity contribution is 0.464. The Morgan fingerprint density at radius 1 is 0.960 bits per heavy atom. The lowest BCUT2D eigenvalue weighted by atomic mass is 10.0. The Morgan fingerprint density at radius 3 is 2.64 bits per heavy atom. The zero-order valence-corrected chi connectivity index (χ0v) is 14.9. The van der Waals surface area contributed by atoms with Gasteiger partial charge in [0.25, 0.3) is 0 Å². The molecule has 2 aromatic carbocycles. The summed E-state index contributed by atoms with van der Waals surface area (Å²) in [6, 6.07) is 19.8. The van der Waals surface area contributed by atoms with E-state index in [4.69, 9.17) is 5.73 Å². The second kappa shape index (κ2) is 8.75. The van der Waals surface area contributed by atoms with Crippen LogP contribution < -0.4 is 11.1 Å². The fourth-order valence-electron chi connectivity index (χ4n) is 3.12. The molecule has 2 atom stereocenters. The van der Waals surface area contributed by atoms with E-state index in [-0.39, 0.29) is 6.04 Å². The number of benzene rings is 2. The molecule has 0 amide bonds. The molecule has 3 heteroatoms. The summed E-state index contributed by atoms with van der Waals surface area (Å²) < 4.78 is 0. The average molecular weight is 333 g/mol. The third kappa shape index (κ3) is 5.38. The third-order valence-corrected chi connectivity index (χ3v) is 4.67. The Kier molecular flexibility index (Phi) is 6.15. The minimum absolute atomic E-state index is 0.222. The Bertz CT molecular complexity index is 785. The molecule has 25 heavy (non-hydrogen) atoms. The van der Waals surface area contributed by atoms with E-state index in [0.29, 0.717) is 6.04 Å². The first-order valence-corrected chi connectivity index (χ1v) is 9.06. The molecule has 0 aliphatic rings. The Hall–Kier alpha value is -2.23. The smallest absolute Gasteiger partial charge is 0.0346 e. The number of hydrogen-bond acceptors (Lipinski definition) is 3. The fraction of sp³-hybridized carbons (Fsp3) is 0.318. The van der Waals surface area contributed by atoms with Crippen LogP contribution in [0.1, 0.15) is 30.9 Å². The number of fused-ring (bicyclic) bond motifs is 1. The Labute approximate surface area is 150 Å². The van der Waals surface area contributed by atoms with E-state index < -0.39 is 0 Å². The van der Waals surface area contributed by atoms with Crippen LogP contribution in [-0.4, -0.2) is 17.1 Å². The highest BCUT2D eigenvalue weighted by molar-refractivity contribution is 5.81. The molecular weight excluding hydrogens is 306 g/mol. The number of nitrogens with two attached hydrogens (primary N) is 1. The molecule has 130 valence electrons. The summed E-state index contributed by atoms with van der Waals surface area (Å²) in [7, 11) is 0. The lowest BCUT2D eigenvalue weighted by Gasteiger charge is -2.17. The number of nitrogens with one attached hydrogen (secondary N) is 1. The fourth-order valence-corrected chi connectivity index (χ4v) is 3.12. The van der Waals surface area contributed by atoms with Crippen LogP contribution in [0, 0.1) is 0 Å². The van der Waals surface area contributed by atoms with Crippen molar-refractivity contribution in [2.45, 2.75) is 44.8 Å². The van der Waals surface area contributed by atoms with Gasteiger partial charge < -0.3 is 11.1 Å². The number of rotatable bonds is 8. The van der Waals surface area contributed by atoms with Crippen LogP contribution in [-0.2, 0) is 13.0 Å². The summed E-state index contributed by atoms with van der Waals surface area (Å²) in [5.41, 5.74) is 8.92. The van der Waals surface area contributed by atoms with Gasteiger partial charge in [0.05, 0.1) is 0 Å². The molecule has 3 nitrogen and oxygen atoms in total. The van der Waals surface area contributed by atoms with Crippen molar-refractivity contribution in [2.24, 2.45) is 5.73 Å². The van der Waals surface area contributed by atoms with E-state index in [1.54, 1.807) is 0 Å². The van der Waals surface area contributed by atoms with Crippen molar-refractivity contribution in [1.29, 1.82) is 0 Å². The Balaban J connectivity index is 1.43. The van der Waals surface area contributed by atoms with Crippen molar-refractivity contribution in [1.82, 2.24) is 10.3 Å². The maximum absolute atomic E-state index is 6.29. The van der Waals surface area contributed by atoms with Gasteiger partial charge in [-0.25, -0.2) is 0 Å². The number of aromatic nitrogens is 1. The van der Waals surface area contributed by atoms with Crippen molar-refractivity contribution >= 4 is 10.8 Å². The van der Waals surface area contributed by atoms with Gasteiger partial charge in [-0.05, 0) is 54.8 Å². The molecular formula is C22H27N3. The third-order valence-electron chi connectivity index (χ3n) is 4.67. The molecule has 0 fully saturated rings. The van der Waals surface area contributed by atoms with Gasteiger partial charge >= 0.3 is 0 Å². The molecule has 3 rings (SSSR count). The average Bonchev–Trinajstić information content (AvgIpc) is 2.65. The molecule has 0 aliphatic heterocycles. The van der Waals surface area contributed by atoms with E-state index >= 15 is 0 Å². The van der Waals surface area contributed by atoms with Crippen molar-refractivity contribution < 1.29 is 0 Å². The summed E-state index contributed by atoms with van der Waals surface area (Å²) in [6.07, 6.45) is 6.82. The summed E-state index contributed by atoms with van der Waals surface area (Å²) in [5.74, 6) is 0. The molecule has 1 aromatic heterocycles. The Morgan fingerprint density at radius 2 is 1.80 bits per heavy atom. The first kappa shape index (κ1) is 17.6. The topological polar surface area (TPSA) is 50.9 Å². The van der Waals surface area contributed by atoms with Crippen LogP contribution in [0.25, 0.3) is 10.8 Å². The second-order valence-electron chi connectivity index (χ2n) is 6.87. The van der Waals surface area contributed by atoms with E-state index in [1.807, 2.05) is 18.5 Å². The van der Waals surface area contributed by atoms with E-state index in [9.17, 15) is 0 Å². The molecule has 0 spiro atoms. The van der Waals surface area contributed by atoms with Crippen LogP contribution in [0.4, 0.5) is 0 Å². The van der Waals surface area contributed by atoms with Gasteiger partial charge in [-0.3, -0.25) is 4.98 Å². The maximum Gasteiger partial charge on any atom is 0.0346 e. The van der Waals surface area contributed by atoms with Crippen molar-refractivity contribution in [3.8, 4) is 0 Å². The maximum atomic E-state index is 6.29. The second-order valence-corrected chi connectivity index (χ2v) is 6.87. The molecule has 1 heterocycles. The van der Waals surface area contributed by atoms with Crippen molar-refractivity contribution in [2.75, 3.05) is 0 Å². The highest BCUT2D eigenvalue weighted by atomic mass is 14.9. The number of hydrogen-bond donors (Lipinski definition) is 2. The standard InChI is InChI=1S/C22H27N3/c1-17(7-10-22(23)14-18-5-3-2-4-6-18)25-15-19-8-9-21-16-24-12-11-20(21)13-19/h2-6,8-9,11-13,16-17,22,25H,7,10,14-15,23H2,1H3/t17-,22?/m1/s1. The van der Waals surface area contributed by atoms with Crippen molar-refractivity contribution in [3.05, 3.63) is 78.1 Å². The minimum atomic E-state index is 0.222. The summed E-state index contributed by atoms with van der Waals surface area (Å²) in [5, 5.41) is 6.04. The van der Waals surface area contributed by atoms with E-state index in [2.05, 4.69) is 65.8 Å². The summed E-state index contributed by atoms with van der Waals surface area (Å²) in [6.45, 7) is 3.12. The van der Waals surface area contributed by atoms with E-state index in [0.717, 1.165) is 25.8 Å². The van der Waals surface area contributed by atoms with Gasteiger partial charge in [0.2, 0.25) is 0 Å². The highest BCUT2D eigenvalue weighted by Gasteiger charge is 2.08. The predicted octanol–water partition coefficient (Wildman–Crippen LogP) is 4.06. The molecule has 1 unspecified atom stereocenters. The lowest BCUT2D eigenvalue weighted by Crippen LogP contribution is -2.30. The molecule has 0 saturated carbocycles. The van der Waals surface area contributed by atoms with Crippen molar-refractivity contribution in [3.63, 3.8) is 0 Å². The van der Waals surface area contributed by atoms with Gasteiger partial charge in [0, 0.05) is 36.4 Å². The molecule has 0 bridgehead atoms. The SMILES string of the molecule is C[C@H](CCC(N)Cc1ccccc1)NCc1ccc2cnccc2c1. The normalized spacial score (nSPS) is 13.7. The van der Waals surface area contributed by atoms with Gasteiger partial charge in [-0.2, -0.15) is 0 Å². The van der Waals surface area contributed by atoms with Crippen LogP contribution in [0.2, 0.25) is 0 Å². The monoisotopic (exact) mass is 333 g/mol. The van der Waals surface area contributed by atoms with E-state index in [1.165, 1.54) is 21.9 Å². The first-order valence-electron chi connectivity index (χ1n) is 9.06. The van der Waals surface area contributed by atoms with Gasteiger partial charge in [-0.15, -0.1) is 0 Å². The largest absolute Gasteiger partial charge is 0.327 e. The molecule has 0 saturated heterocycles. The predicted molar refractivity (Wildman–Crippen MR) is 105 cm³/mol. The molecule has 3 aromatic rings. The molecule has 3 N–H and O–H groups in total. The van der Waals surface area contributed by atoms with Gasteiger partial charge in [0.15, 0.2) is 0 Å². The highest BCUT2D eigenvalue weighted by Crippen LogP contribution is 2.15. The number of nitrogens with zero attached hydrogens (tertiary/aromatic N) is 1. The van der Waals surface area contributed by atoms with Gasteiger partial charge in [0.1, 0.15) is 0 Å². The van der Waals surface area contributed by atoms with Crippen LogP contribution >= 0.6 is 0 Å². The summed E-state index contributed by atoms with van der Waals surface area (Å²) in [4.78, 5) is 4.16. The number of pyridine rings is 1. The van der Waals surface area contributed by atoms with Crippen LogP contribution in [0.5, 0.6) is 0 Å². The quantitative estimate of drug-likeness (QED) is 0.653. The molecule has 0 aliphatic carbocycles. The zero-order valence-electron chi connectivity index (χ0n) is 14.9. The van der Waals surface area contributed by atoms with Crippen LogP contribution in [0.15, 0.2) is 67.0 Å².